The lowest BCUT2D eigenvalue weighted by Crippen LogP contribution is -2.18. The first-order chi connectivity index (χ1) is 15.0. The molecule has 1 aliphatic heterocycles. The van der Waals surface area contributed by atoms with Crippen molar-refractivity contribution in [1.29, 1.82) is 5.26 Å². The fourth-order valence-electron chi connectivity index (χ4n) is 3.69. The zero-order valence-electron chi connectivity index (χ0n) is 16.9. The van der Waals surface area contributed by atoms with Crippen LogP contribution in [0.15, 0.2) is 36.4 Å². The maximum Gasteiger partial charge on any atom is 0.229 e. The van der Waals surface area contributed by atoms with Crippen molar-refractivity contribution in [2.24, 2.45) is 0 Å². The van der Waals surface area contributed by atoms with Crippen molar-refractivity contribution in [3.05, 3.63) is 70.4 Å². The van der Waals surface area contributed by atoms with Gasteiger partial charge in [-0.25, -0.2) is 13.8 Å². The zero-order valence-corrected chi connectivity index (χ0v) is 16.9. The number of hydrogen-bond donors (Lipinski definition) is 1. The highest BCUT2D eigenvalue weighted by atomic mass is 19.1. The van der Waals surface area contributed by atoms with Crippen molar-refractivity contribution in [1.82, 2.24) is 9.97 Å². The number of rotatable bonds is 5. The molecule has 7 heteroatoms. The molecule has 1 aromatic heterocycles. The van der Waals surface area contributed by atoms with Crippen molar-refractivity contribution in [3.63, 3.8) is 0 Å². The van der Waals surface area contributed by atoms with Crippen LogP contribution in [0.4, 0.5) is 31.9 Å². The molecule has 0 saturated carbocycles. The Morgan fingerprint density at radius 3 is 2.52 bits per heavy atom. The number of terminal acetylenes is 1. The lowest BCUT2D eigenvalue weighted by Gasteiger charge is -2.21. The van der Waals surface area contributed by atoms with Gasteiger partial charge >= 0.3 is 0 Å². The molecule has 0 spiro atoms. The Morgan fingerprint density at radius 1 is 1.16 bits per heavy atom. The molecule has 0 unspecified atom stereocenters. The van der Waals surface area contributed by atoms with E-state index in [2.05, 4.69) is 27.3 Å². The van der Waals surface area contributed by atoms with E-state index in [4.69, 9.17) is 11.7 Å². The smallest absolute Gasteiger partial charge is 0.229 e. The van der Waals surface area contributed by atoms with Crippen molar-refractivity contribution in [3.8, 4) is 18.4 Å². The van der Waals surface area contributed by atoms with E-state index in [1.807, 2.05) is 6.92 Å². The highest BCUT2D eigenvalue weighted by molar-refractivity contribution is 5.70. The van der Waals surface area contributed by atoms with Gasteiger partial charge in [-0.05, 0) is 61.7 Å². The second-order valence-corrected chi connectivity index (χ2v) is 7.26. The minimum Gasteiger partial charge on any atom is -0.324 e. The second-order valence-electron chi connectivity index (χ2n) is 7.26. The maximum atomic E-state index is 14.9. The Bertz CT molecular complexity index is 1200. The number of hydrogen-bond acceptors (Lipinski definition) is 5. The molecule has 0 saturated heterocycles. The van der Waals surface area contributed by atoms with Gasteiger partial charge in [-0.1, -0.05) is 0 Å². The third-order valence-corrected chi connectivity index (χ3v) is 5.21. The number of halogens is 2. The third kappa shape index (κ3) is 4.04. The summed E-state index contributed by atoms with van der Waals surface area (Å²) in [5.41, 5.74) is 3.26. The summed E-state index contributed by atoms with van der Waals surface area (Å²) in [6.45, 7) is 2.26. The monoisotopic (exact) mass is 415 g/mol. The van der Waals surface area contributed by atoms with Gasteiger partial charge in [0.15, 0.2) is 0 Å². The van der Waals surface area contributed by atoms with Gasteiger partial charge in [0, 0.05) is 29.9 Å². The third-order valence-electron chi connectivity index (χ3n) is 5.21. The molecule has 0 atom stereocenters. The van der Waals surface area contributed by atoms with E-state index in [-0.39, 0.29) is 5.69 Å². The van der Waals surface area contributed by atoms with Crippen molar-refractivity contribution in [2.45, 2.75) is 26.2 Å². The van der Waals surface area contributed by atoms with Crippen LogP contribution in [0.25, 0.3) is 0 Å². The molecule has 1 aliphatic rings. The molecule has 1 N–H and O–H groups in total. The standard InChI is InChI=1S/C24H19F2N5/c1-3-4-5-17-12-20(25)22(21(26)13-17)31-11-10-19-15(2)28-24(30-23(19)31)29-18-8-6-16(14-27)7-9-18/h1,6-9,12-13H,4-5,10-11H2,2H3,(H,28,29,30). The van der Waals surface area contributed by atoms with E-state index in [1.54, 1.807) is 29.2 Å². The highest BCUT2D eigenvalue weighted by Gasteiger charge is 2.29. The van der Waals surface area contributed by atoms with Crippen LogP contribution in [0.5, 0.6) is 0 Å². The van der Waals surface area contributed by atoms with Crippen LogP contribution in [0.2, 0.25) is 0 Å². The number of fused-ring (bicyclic) bond motifs is 1. The minimum absolute atomic E-state index is 0.120. The summed E-state index contributed by atoms with van der Waals surface area (Å²) in [5.74, 6) is 2.00. The Labute approximate surface area is 179 Å². The Balaban J connectivity index is 1.68. The zero-order chi connectivity index (χ0) is 22.0. The largest absolute Gasteiger partial charge is 0.324 e. The summed E-state index contributed by atoms with van der Waals surface area (Å²) < 4.78 is 29.8. The number of nitrogens with one attached hydrogen (secondary N) is 1. The van der Waals surface area contributed by atoms with Crippen LogP contribution in [-0.2, 0) is 12.8 Å². The second kappa shape index (κ2) is 8.41. The molecule has 31 heavy (non-hydrogen) atoms. The summed E-state index contributed by atoms with van der Waals surface area (Å²) in [7, 11) is 0. The number of nitrogens with zero attached hydrogens (tertiary/aromatic N) is 4. The Morgan fingerprint density at radius 2 is 1.87 bits per heavy atom. The summed E-state index contributed by atoms with van der Waals surface area (Å²) in [6, 6.07) is 11.6. The van der Waals surface area contributed by atoms with Gasteiger partial charge in [0.25, 0.3) is 0 Å². The molecule has 0 bridgehead atoms. The quantitative estimate of drug-likeness (QED) is 0.598. The summed E-state index contributed by atoms with van der Waals surface area (Å²) >= 11 is 0. The molecule has 0 fully saturated rings. The fourth-order valence-corrected chi connectivity index (χ4v) is 3.69. The van der Waals surface area contributed by atoms with E-state index in [1.165, 1.54) is 12.1 Å². The van der Waals surface area contributed by atoms with Crippen LogP contribution in [0, 0.1) is 42.2 Å². The average Bonchev–Trinajstić information content (AvgIpc) is 3.16. The molecule has 0 amide bonds. The first-order valence-corrected chi connectivity index (χ1v) is 9.83. The van der Waals surface area contributed by atoms with Crippen LogP contribution < -0.4 is 10.2 Å². The van der Waals surface area contributed by atoms with E-state index in [9.17, 15) is 8.78 Å². The molecule has 154 valence electrons. The number of aromatic nitrogens is 2. The summed E-state index contributed by atoms with van der Waals surface area (Å²) in [6.07, 6.45) is 6.68. The van der Waals surface area contributed by atoms with Crippen LogP contribution >= 0.6 is 0 Å². The topological polar surface area (TPSA) is 64.8 Å². The van der Waals surface area contributed by atoms with Crippen molar-refractivity contribution < 1.29 is 8.78 Å². The van der Waals surface area contributed by atoms with Crippen LogP contribution in [0.1, 0.15) is 28.8 Å². The number of nitriles is 1. The Kier molecular flexibility index (Phi) is 5.51. The number of aryl methyl sites for hydroxylation is 2. The summed E-state index contributed by atoms with van der Waals surface area (Å²) in [4.78, 5) is 10.6. The van der Waals surface area contributed by atoms with Gasteiger partial charge < -0.3 is 10.2 Å². The summed E-state index contributed by atoms with van der Waals surface area (Å²) in [5, 5.41) is 12.0. The predicted octanol–water partition coefficient (Wildman–Crippen LogP) is 4.94. The molecule has 0 aliphatic carbocycles. The molecule has 0 radical (unpaired) electrons. The van der Waals surface area contributed by atoms with Gasteiger partial charge in [-0.3, -0.25) is 0 Å². The first kappa shape index (κ1) is 20.3. The Hall–Kier alpha value is -3.97. The van der Waals surface area contributed by atoms with E-state index >= 15 is 0 Å². The molecular weight excluding hydrogens is 396 g/mol. The van der Waals surface area contributed by atoms with Gasteiger partial charge in [-0.2, -0.15) is 10.2 Å². The SMILES string of the molecule is C#CCCc1cc(F)c(N2CCc3c(C)nc(Nc4ccc(C#N)cc4)nc32)c(F)c1. The van der Waals surface area contributed by atoms with E-state index in [0.29, 0.717) is 54.4 Å². The number of benzene rings is 2. The van der Waals surface area contributed by atoms with Gasteiger partial charge in [0.2, 0.25) is 5.95 Å². The van der Waals surface area contributed by atoms with E-state index < -0.39 is 11.6 Å². The van der Waals surface area contributed by atoms with Gasteiger partial charge in [0.05, 0.1) is 11.6 Å². The molecule has 3 aromatic rings. The van der Waals surface area contributed by atoms with Crippen molar-refractivity contribution in [2.75, 3.05) is 16.8 Å². The number of anilines is 4. The normalized spacial score (nSPS) is 12.2. The van der Waals surface area contributed by atoms with Crippen molar-refractivity contribution >= 4 is 23.1 Å². The first-order valence-electron chi connectivity index (χ1n) is 9.83. The van der Waals surface area contributed by atoms with Crippen LogP contribution in [0.3, 0.4) is 0 Å². The maximum absolute atomic E-state index is 14.9. The minimum atomic E-state index is -0.641. The highest BCUT2D eigenvalue weighted by Crippen LogP contribution is 2.38. The lowest BCUT2D eigenvalue weighted by molar-refractivity contribution is 0.578. The molecule has 4 rings (SSSR count). The lowest BCUT2D eigenvalue weighted by atomic mass is 10.1. The predicted molar refractivity (Wildman–Crippen MR) is 115 cm³/mol. The molecule has 2 aromatic carbocycles. The van der Waals surface area contributed by atoms with Crippen LogP contribution in [-0.4, -0.2) is 16.5 Å². The average molecular weight is 415 g/mol. The molecule has 5 nitrogen and oxygen atoms in total. The van der Waals surface area contributed by atoms with E-state index in [0.717, 1.165) is 11.3 Å². The van der Waals surface area contributed by atoms with Gasteiger partial charge in [0.1, 0.15) is 23.1 Å². The molecular formula is C24H19F2N5. The molecule has 2 heterocycles. The van der Waals surface area contributed by atoms with Gasteiger partial charge in [-0.15, -0.1) is 12.3 Å². The fraction of sp³-hybridized carbons (Fsp3) is 0.208.